The van der Waals surface area contributed by atoms with Gasteiger partial charge in [0.05, 0.1) is 0 Å². The van der Waals surface area contributed by atoms with Crippen LogP contribution in [-0.4, -0.2) is 30.4 Å². The minimum atomic E-state index is -0.282. The van der Waals surface area contributed by atoms with E-state index in [2.05, 4.69) is 19.8 Å². The molecule has 0 aliphatic carbocycles. The SMILES string of the molecule is C#CC(=O)N(C)CCC(N)C(C)C. The molecule has 0 bridgehead atoms. The van der Waals surface area contributed by atoms with Crippen LogP contribution < -0.4 is 5.73 Å². The molecule has 0 aromatic rings. The number of terminal acetylenes is 1. The maximum Gasteiger partial charge on any atom is 0.297 e. The van der Waals surface area contributed by atoms with Crippen LogP contribution >= 0.6 is 0 Å². The van der Waals surface area contributed by atoms with Crippen molar-refractivity contribution in [2.24, 2.45) is 11.7 Å². The van der Waals surface area contributed by atoms with Crippen LogP contribution in [0.5, 0.6) is 0 Å². The quantitative estimate of drug-likeness (QED) is 0.642. The molecule has 74 valence electrons. The van der Waals surface area contributed by atoms with Crippen molar-refractivity contribution in [1.82, 2.24) is 4.90 Å². The summed E-state index contributed by atoms with van der Waals surface area (Å²) in [5, 5.41) is 0. The summed E-state index contributed by atoms with van der Waals surface area (Å²) in [5.41, 5.74) is 5.82. The lowest BCUT2D eigenvalue weighted by Gasteiger charge is -2.19. The summed E-state index contributed by atoms with van der Waals surface area (Å²) in [6.45, 7) is 4.75. The number of hydrogen-bond donors (Lipinski definition) is 1. The van der Waals surface area contributed by atoms with Crippen LogP contribution in [0.15, 0.2) is 0 Å². The minimum absolute atomic E-state index is 0.132. The van der Waals surface area contributed by atoms with E-state index in [0.717, 1.165) is 6.42 Å². The van der Waals surface area contributed by atoms with Crippen molar-refractivity contribution in [2.75, 3.05) is 13.6 Å². The highest BCUT2D eigenvalue weighted by Gasteiger charge is 2.10. The first kappa shape index (κ1) is 12.0. The third-order valence-electron chi connectivity index (χ3n) is 2.12. The van der Waals surface area contributed by atoms with Gasteiger partial charge in [-0.1, -0.05) is 13.8 Å². The largest absolute Gasteiger partial charge is 0.335 e. The fraction of sp³-hybridized carbons (Fsp3) is 0.700. The maximum absolute atomic E-state index is 10.9. The van der Waals surface area contributed by atoms with E-state index >= 15 is 0 Å². The van der Waals surface area contributed by atoms with Gasteiger partial charge in [-0.3, -0.25) is 4.79 Å². The summed E-state index contributed by atoms with van der Waals surface area (Å²) < 4.78 is 0. The molecule has 1 unspecified atom stereocenters. The molecule has 3 nitrogen and oxygen atoms in total. The maximum atomic E-state index is 10.9. The highest BCUT2D eigenvalue weighted by molar-refractivity contribution is 5.92. The Kier molecular flexibility index (Phi) is 5.17. The Hall–Kier alpha value is -1.01. The van der Waals surface area contributed by atoms with Gasteiger partial charge in [0.2, 0.25) is 0 Å². The van der Waals surface area contributed by atoms with Crippen molar-refractivity contribution < 1.29 is 4.79 Å². The molecule has 1 amide bonds. The van der Waals surface area contributed by atoms with E-state index in [1.54, 1.807) is 7.05 Å². The Labute approximate surface area is 80.3 Å². The molecule has 0 aromatic heterocycles. The monoisotopic (exact) mass is 182 g/mol. The number of carbonyl (C=O) groups excluding carboxylic acids is 1. The van der Waals surface area contributed by atoms with E-state index < -0.39 is 0 Å². The summed E-state index contributed by atoms with van der Waals surface area (Å²) in [7, 11) is 1.69. The van der Waals surface area contributed by atoms with Crippen LogP contribution in [0.3, 0.4) is 0 Å². The second-order valence-corrected chi connectivity index (χ2v) is 3.57. The number of rotatable bonds is 4. The average Bonchev–Trinajstić information content (AvgIpc) is 2.11. The predicted molar refractivity (Wildman–Crippen MR) is 53.9 cm³/mol. The summed E-state index contributed by atoms with van der Waals surface area (Å²) in [6.07, 6.45) is 5.76. The molecule has 0 fully saturated rings. The van der Waals surface area contributed by atoms with E-state index in [-0.39, 0.29) is 11.9 Å². The molecule has 1 atom stereocenters. The molecule has 0 saturated carbocycles. The van der Waals surface area contributed by atoms with E-state index in [9.17, 15) is 4.79 Å². The molecule has 0 radical (unpaired) electrons. The number of nitrogens with zero attached hydrogens (tertiary/aromatic N) is 1. The minimum Gasteiger partial charge on any atom is -0.335 e. The molecule has 0 aliphatic rings. The Morgan fingerprint density at radius 1 is 1.62 bits per heavy atom. The first-order valence-electron chi connectivity index (χ1n) is 4.46. The number of hydrogen-bond acceptors (Lipinski definition) is 2. The van der Waals surface area contributed by atoms with Crippen LogP contribution in [0.2, 0.25) is 0 Å². The molecule has 0 rings (SSSR count). The molecular weight excluding hydrogens is 164 g/mol. The average molecular weight is 182 g/mol. The van der Waals surface area contributed by atoms with Crippen molar-refractivity contribution in [2.45, 2.75) is 26.3 Å². The van der Waals surface area contributed by atoms with Crippen LogP contribution in [0.25, 0.3) is 0 Å². The van der Waals surface area contributed by atoms with Crippen molar-refractivity contribution in [3.8, 4) is 12.3 Å². The second-order valence-electron chi connectivity index (χ2n) is 3.57. The van der Waals surface area contributed by atoms with Gasteiger partial charge in [0.25, 0.3) is 5.91 Å². The van der Waals surface area contributed by atoms with E-state index in [4.69, 9.17) is 12.2 Å². The van der Waals surface area contributed by atoms with E-state index in [0.29, 0.717) is 12.5 Å². The molecule has 0 heterocycles. The second kappa shape index (κ2) is 5.60. The first-order chi connectivity index (χ1) is 5.99. The topological polar surface area (TPSA) is 46.3 Å². The zero-order valence-electron chi connectivity index (χ0n) is 8.58. The van der Waals surface area contributed by atoms with Gasteiger partial charge in [-0.05, 0) is 18.3 Å². The third kappa shape index (κ3) is 4.54. The normalized spacial score (nSPS) is 12.3. The predicted octanol–water partition coefficient (Wildman–Crippen LogP) is 0.451. The van der Waals surface area contributed by atoms with Gasteiger partial charge in [0.15, 0.2) is 0 Å². The van der Waals surface area contributed by atoms with Gasteiger partial charge in [-0.25, -0.2) is 0 Å². The van der Waals surface area contributed by atoms with E-state index in [1.807, 2.05) is 0 Å². The van der Waals surface area contributed by atoms with Gasteiger partial charge >= 0.3 is 0 Å². The van der Waals surface area contributed by atoms with Crippen molar-refractivity contribution in [1.29, 1.82) is 0 Å². The lowest BCUT2D eigenvalue weighted by Crippen LogP contribution is -2.34. The van der Waals surface area contributed by atoms with Gasteiger partial charge in [-0.2, -0.15) is 0 Å². The third-order valence-corrected chi connectivity index (χ3v) is 2.12. The molecule has 13 heavy (non-hydrogen) atoms. The summed E-state index contributed by atoms with van der Waals surface area (Å²) >= 11 is 0. The van der Waals surface area contributed by atoms with E-state index in [1.165, 1.54) is 4.90 Å². The van der Waals surface area contributed by atoms with Crippen molar-refractivity contribution in [3.05, 3.63) is 0 Å². The number of amides is 1. The Morgan fingerprint density at radius 3 is 2.54 bits per heavy atom. The van der Waals surface area contributed by atoms with Crippen LogP contribution in [-0.2, 0) is 4.79 Å². The molecule has 0 aromatic carbocycles. The van der Waals surface area contributed by atoms with Gasteiger partial charge in [0.1, 0.15) is 0 Å². The lowest BCUT2D eigenvalue weighted by molar-refractivity contribution is -0.123. The van der Waals surface area contributed by atoms with Crippen molar-refractivity contribution in [3.63, 3.8) is 0 Å². The Morgan fingerprint density at radius 2 is 2.15 bits per heavy atom. The van der Waals surface area contributed by atoms with Crippen LogP contribution in [0.4, 0.5) is 0 Å². The fourth-order valence-corrected chi connectivity index (χ4v) is 0.888. The Bertz CT molecular complexity index is 205. The standard InChI is InChI=1S/C10H18N2O/c1-5-10(13)12(4)7-6-9(11)8(2)3/h1,8-9H,6-7,11H2,2-4H3. The highest BCUT2D eigenvalue weighted by atomic mass is 16.2. The summed E-state index contributed by atoms with van der Waals surface area (Å²) in [4.78, 5) is 12.5. The summed E-state index contributed by atoms with van der Waals surface area (Å²) in [5.74, 6) is 2.22. The number of carbonyl (C=O) groups is 1. The van der Waals surface area contributed by atoms with Crippen LogP contribution in [0.1, 0.15) is 20.3 Å². The first-order valence-corrected chi connectivity index (χ1v) is 4.46. The molecule has 2 N–H and O–H groups in total. The zero-order chi connectivity index (χ0) is 10.4. The molecular formula is C10H18N2O. The molecule has 0 saturated heterocycles. The Balaban J connectivity index is 3.77. The van der Waals surface area contributed by atoms with Gasteiger partial charge in [-0.15, -0.1) is 6.42 Å². The molecule has 0 aliphatic heterocycles. The zero-order valence-corrected chi connectivity index (χ0v) is 8.58. The highest BCUT2D eigenvalue weighted by Crippen LogP contribution is 2.03. The molecule has 3 heteroatoms. The van der Waals surface area contributed by atoms with Crippen LogP contribution in [0, 0.1) is 18.3 Å². The fourth-order valence-electron chi connectivity index (χ4n) is 0.888. The van der Waals surface area contributed by atoms with Crippen molar-refractivity contribution >= 4 is 5.91 Å². The molecule has 0 spiro atoms. The summed E-state index contributed by atoms with van der Waals surface area (Å²) in [6, 6.07) is 0.132. The number of nitrogens with two attached hydrogens (primary N) is 1. The lowest BCUT2D eigenvalue weighted by atomic mass is 10.0. The smallest absolute Gasteiger partial charge is 0.297 e. The van der Waals surface area contributed by atoms with Gasteiger partial charge in [0, 0.05) is 19.6 Å². The van der Waals surface area contributed by atoms with Gasteiger partial charge < -0.3 is 10.6 Å².